The fraction of sp³-hybridized carbons (Fsp3) is 0.304. The highest BCUT2D eigenvalue weighted by atomic mass is 32.4. The molecule has 1 aliphatic carbocycles. The van der Waals surface area contributed by atoms with Gasteiger partial charge in [-0.1, -0.05) is 72.5 Å². The molecular weight excluding hydrogens is 385 g/mol. The summed E-state index contributed by atoms with van der Waals surface area (Å²) in [4.78, 5) is 2.46. The Morgan fingerprint density at radius 1 is 0.964 bits per heavy atom. The monoisotopic (exact) mass is 411 g/mol. The number of allylic oxidation sites excluding steroid dienone is 2. The Balaban J connectivity index is 1.84. The van der Waals surface area contributed by atoms with E-state index in [0.717, 1.165) is 44.4 Å². The minimum absolute atomic E-state index is 0.761. The third-order valence-electron chi connectivity index (χ3n) is 5.38. The molecule has 2 aromatic carbocycles. The van der Waals surface area contributed by atoms with Crippen LogP contribution in [0.1, 0.15) is 18.4 Å². The highest BCUT2D eigenvalue weighted by Gasteiger charge is 2.35. The van der Waals surface area contributed by atoms with Crippen LogP contribution < -0.4 is 5.30 Å². The predicted octanol–water partition coefficient (Wildman–Crippen LogP) is 4.77. The van der Waals surface area contributed by atoms with Crippen molar-refractivity contribution >= 4 is 29.5 Å². The Bertz CT molecular complexity index is 918. The quantitative estimate of drug-likeness (QED) is 0.661. The Kier molecular flexibility index (Phi) is 6.13. The lowest BCUT2D eigenvalue weighted by atomic mass is 10.1. The lowest BCUT2D eigenvalue weighted by Gasteiger charge is -2.33. The number of rotatable bonds is 5. The Labute approximate surface area is 172 Å². The largest absolute Gasteiger partial charge is 0.378 e. The summed E-state index contributed by atoms with van der Waals surface area (Å²) in [5.41, 5.74) is 3.90. The van der Waals surface area contributed by atoms with Crippen LogP contribution in [0.25, 0.3) is 6.08 Å². The van der Waals surface area contributed by atoms with Gasteiger partial charge in [-0.05, 0) is 30.1 Å². The van der Waals surface area contributed by atoms with Crippen molar-refractivity contribution in [2.24, 2.45) is 0 Å². The fourth-order valence-electron chi connectivity index (χ4n) is 4.02. The molecule has 0 saturated carbocycles. The van der Waals surface area contributed by atoms with Gasteiger partial charge in [-0.2, -0.15) is 0 Å². The number of benzene rings is 2. The van der Waals surface area contributed by atoms with E-state index in [-0.39, 0.29) is 0 Å². The van der Waals surface area contributed by atoms with Crippen molar-refractivity contribution < 1.29 is 9.26 Å². The van der Waals surface area contributed by atoms with Crippen LogP contribution in [-0.4, -0.2) is 38.3 Å². The number of morpholine rings is 1. The molecular formula is C23H26NO2PS. The first-order chi connectivity index (χ1) is 13.7. The van der Waals surface area contributed by atoms with E-state index in [9.17, 15) is 0 Å². The van der Waals surface area contributed by atoms with Gasteiger partial charge in [-0.3, -0.25) is 0 Å². The summed E-state index contributed by atoms with van der Waals surface area (Å²) in [6.45, 7) is 3.32. The van der Waals surface area contributed by atoms with Gasteiger partial charge < -0.3 is 14.2 Å². The molecule has 1 heterocycles. The lowest BCUT2D eigenvalue weighted by molar-refractivity contribution is 0.0548. The van der Waals surface area contributed by atoms with E-state index in [0.29, 0.717) is 0 Å². The molecule has 1 saturated heterocycles. The van der Waals surface area contributed by atoms with Crippen LogP contribution in [0.4, 0.5) is 0 Å². The van der Waals surface area contributed by atoms with E-state index >= 15 is 0 Å². The van der Waals surface area contributed by atoms with Gasteiger partial charge in [0.05, 0.1) is 13.2 Å². The molecule has 28 heavy (non-hydrogen) atoms. The normalized spacial score (nSPS) is 21.2. The molecule has 4 rings (SSSR count). The summed E-state index contributed by atoms with van der Waals surface area (Å²) in [6.07, 6.45) is 2.01. The summed E-state index contributed by atoms with van der Waals surface area (Å²) in [7, 11) is 1.77. The number of ether oxygens (including phenoxy) is 1. The van der Waals surface area contributed by atoms with Gasteiger partial charge in [0.1, 0.15) is 6.26 Å². The van der Waals surface area contributed by atoms with E-state index < -0.39 is 6.26 Å². The van der Waals surface area contributed by atoms with Crippen molar-refractivity contribution in [3.05, 3.63) is 82.8 Å². The van der Waals surface area contributed by atoms with Crippen molar-refractivity contribution in [3.8, 4) is 0 Å². The van der Waals surface area contributed by atoms with Gasteiger partial charge in [-0.15, -0.1) is 0 Å². The van der Waals surface area contributed by atoms with Crippen molar-refractivity contribution in [2.75, 3.05) is 33.4 Å². The Morgan fingerprint density at radius 3 is 2.25 bits per heavy atom. The molecule has 0 N–H and O–H groups in total. The van der Waals surface area contributed by atoms with Gasteiger partial charge >= 0.3 is 0 Å². The zero-order chi connectivity index (χ0) is 19.4. The first kappa shape index (κ1) is 19.6. The van der Waals surface area contributed by atoms with Crippen molar-refractivity contribution in [1.29, 1.82) is 0 Å². The van der Waals surface area contributed by atoms with Gasteiger partial charge in [0.15, 0.2) is 0 Å². The highest BCUT2D eigenvalue weighted by molar-refractivity contribution is 8.17. The predicted molar refractivity (Wildman–Crippen MR) is 120 cm³/mol. The van der Waals surface area contributed by atoms with Crippen molar-refractivity contribution in [3.63, 3.8) is 0 Å². The van der Waals surface area contributed by atoms with Crippen LogP contribution in [0.15, 0.2) is 77.2 Å². The number of nitrogens with zero attached hydrogens (tertiary/aromatic N) is 1. The molecule has 0 spiro atoms. The van der Waals surface area contributed by atoms with E-state index in [1.165, 1.54) is 22.1 Å². The van der Waals surface area contributed by atoms with Gasteiger partial charge in [0, 0.05) is 36.5 Å². The molecule has 1 fully saturated rings. The maximum absolute atomic E-state index is 6.24. The zero-order valence-electron chi connectivity index (χ0n) is 16.2. The van der Waals surface area contributed by atoms with E-state index in [1.807, 2.05) is 6.07 Å². The van der Waals surface area contributed by atoms with Gasteiger partial charge in [0.25, 0.3) is 0 Å². The summed E-state index contributed by atoms with van der Waals surface area (Å²) in [5, 5.41) is 2.44. The van der Waals surface area contributed by atoms with Gasteiger partial charge in [0.2, 0.25) is 0 Å². The van der Waals surface area contributed by atoms with Crippen LogP contribution in [0, 0.1) is 0 Å². The van der Waals surface area contributed by atoms with E-state index in [4.69, 9.17) is 21.1 Å². The average Bonchev–Trinajstić information content (AvgIpc) is 3.19. The summed E-state index contributed by atoms with van der Waals surface area (Å²) in [5.74, 6) is 0. The minimum Gasteiger partial charge on any atom is -0.378 e. The second-order valence-corrected chi connectivity index (χ2v) is 11.1. The lowest BCUT2D eigenvalue weighted by Crippen LogP contribution is -2.36. The molecule has 5 heteroatoms. The third kappa shape index (κ3) is 3.88. The number of hydrogen-bond donors (Lipinski definition) is 0. The number of hydrogen-bond acceptors (Lipinski definition) is 4. The Hall–Kier alpha value is -1.71. The first-order valence-corrected chi connectivity index (χ1v) is 12.5. The molecule has 146 valence electrons. The molecule has 0 radical (unpaired) electrons. The second-order valence-electron chi connectivity index (χ2n) is 7.04. The average molecular weight is 412 g/mol. The molecule has 0 unspecified atom stereocenters. The molecule has 2 aliphatic rings. The topological polar surface area (TPSA) is 21.7 Å². The maximum atomic E-state index is 6.24. The summed E-state index contributed by atoms with van der Waals surface area (Å²) >= 11 is 6.24. The molecule has 0 aromatic heterocycles. The van der Waals surface area contributed by atoms with Crippen molar-refractivity contribution in [2.45, 2.75) is 12.8 Å². The molecule has 0 bridgehead atoms. The molecule has 0 amide bonds. The van der Waals surface area contributed by atoms with Crippen molar-refractivity contribution in [1.82, 2.24) is 4.90 Å². The van der Waals surface area contributed by atoms with Crippen LogP contribution in [0.5, 0.6) is 0 Å². The fourth-order valence-corrected chi connectivity index (χ4v) is 7.20. The highest BCUT2D eigenvalue weighted by Crippen LogP contribution is 2.60. The van der Waals surface area contributed by atoms with Crippen LogP contribution in [0.3, 0.4) is 0 Å². The third-order valence-corrected chi connectivity index (χ3v) is 9.76. The van der Waals surface area contributed by atoms with Crippen LogP contribution in [0.2, 0.25) is 0 Å². The first-order valence-electron chi connectivity index (χ1n) is 9.76. The molecule has 1 aliphatic heterocycles. The smallest absolute Gasteiger partial charge is 0.121 e. The second kappa shape index (κ2) is 8.75. The van der Waals surface area contributed by atoms with Gasteiger partial charge in [-0.25, -0.2) is 0 Å². The SMILES string of the molecule is CO[P@](=S)(C1=C(N2CCOCC2)C(=Cc2ccccc2)CC1)c1ccccc1. The molecule has 3 nitrogen and oxygen atoms in total. The molecule has 2 aromatic rings. The van der Waals surface area contributed by atoms with Crippen LogP contribution in [-0.2, 0) is 21.1 Å². The molecule has 1 atom stereocenters. The van der Waals surface area contributed by atoms with E-state index in [2.05, 4.69) is 65.6 Å². The summed E-state index contributed by atoms with van der Waals surface area (Å²) in [6, 6.07) is 20.9. The zero-order valence-corrected chi connectivity index (χ0v) is 17.9. The van der Waals surface area contributed by atoms with Crippen LogP contribution >= 0.6 is 6.26 Å². The Morgan fingerprint density at radius 2 is 1.61 bits per heavy atom. The minimum atomic E-state index is -2.28. The maximum Gasteiger partial charge on any atom is 0.121 e. The summed E-state index contributed by atoms with van der Waals surface area (Å²) < 4.78 is 11.7. The standard InChI is InChI=1S/C23H26NO2PS/c1-25-27(28,21-10-6-3-7-11-21)22-13-12-20(18-19-8-4-2-5-9-19)23(22)24-14-16-26-17-15-24/h2-11,18H,12-17H2,1H3/t27-/m1/s1. The van der Waals surface area contributed by atoms with E-state index in [1.54, 1.807) is 7.11 Å².